The third-order valence-corrected chi connectivity index (χ3v) is 2.81. The minimum Gasteiger partial charge on any atom is -0.415 e. The van der Waals surface area contributed by atoms with Gasteiger partial charge in [0.2, 0.25) is 0 Å². The standard InChI is InChI=1S/C12H20BN/c1-4-13(5-2)14(6-3)12-10-8-7-9-11-12/h7-11H,4-6H2,1-3H3. The lowest BCUT2D eigenvalue weighted by atomic mass is 9.55. The van der Waals surface area contributed by atoms with Crippen LogP contribution in [0.2, 0.25) is 12.6 Å². The Labute approximate surface area is 88.2 Å². The van der Waals surface area contributed by atoms with E-state index in [4.69, 9.17) is 0 Å². The van der Waals surface area contributed by atoms with Crippen molar-refractivity contribution in [3.05, 3.63) is 30.3 Å². The van der Waals surface area contributed by atoms with Gasteiger partial charge in [-0.05, 0) is 19.1 Å². The van der Waals surface area contributed by atoms with Gasteiger partial charge in [0.05, 0.1) is 0 Å². The van der Waals surface area contributed by atoms with E-state index in [1.165, 1.54) is 18.3 Å². The van der Waals surface area contributed by atoms with E-state index in [1.54, 1.807) is 0 Å². The molecular weight excluding hydrogens is 169 g/mol. The zero-order chi connectivity index (χ0) is 10.4. The first-order valence-corrected chi connectivity index (χ1v) is 5.65. The zero-order valence-corrected chi connectivity index (χ0v) is 9.53. The Hall–Kier alpha value is -0.915. The summed E-state index contributed by atoms with van der Waals surface area (Å²) >= 11 is 0. The SMILES string of the molecule is CCB(CC)N(CC)c1ccccc1. The van der Waals surface area contributed by atoms with Crippen LogP contribution in [0, 0.1) is 0 Å². The van der Waals surface area contributed by atoms with Crippen molar-refractivity contribution in [2.24, 2.45) is 0 Å². The summed E-state index contributed by atoms with van der Waals surface area (Å²) < 4.78 is 0. The average molecular weight is 189 g/mol. The molecule has 0 aliphatic rings. The first-order chi connectivity index (χ1) is 6.83. The van der Waals surface area contributed by atoms with Crippen LogP contribution < -0.4 is 4.81 Å². The highest BCUT2D eigenvalue weighted by atomic mass is 15.1. The summed E-state index contributed by atoms with van der Waals surface area (Å²) in [6, 6.07) is 10.7. The largest absolute Gasteiger partial charge is 0.415 e. The van der Waals surface area contributed by atoms with E-state index in [0.29, 0.717) is 6.85 Å². The molecule has 0 N–H and O–H groups in total. The molecule has 76 valence electrons. The Morgan fingerprint density at radius 2 is 1.57 bits per heavy atom. The molecule has 14 heavy (non-hydrogen) atoms. The molecule has 0 amide bonds. The number of nitrogens with zero attached hydrogens (tertiary/aromatic N) is 1. The number of hydrogen-bond donors (Lipinski definition) is 0. The molecule has 0 bridgehead atoms. The molecule has 0 aliphatic carbocycles. The third kappa shape index (κ3) is 2.54. The number of benzene rings is 1. The van der Waals surface area contributed by atoms with Gasteiger partial charge in [-0.3, -0.25) is 0 Å². The highest BCUT2D eigenvalue weighted by Gasteiger charge is 2.17. The molecule has 0 saturated carbocycles. The van der Waals surface area contributed by atoms with Gasteiger partial charge >= 0.3 is 0 Å². The normalized spacial score (nSPS) is 9.93. The summed E-state index contributed by atoms with van der Waals surface area (Å²) in [4.78, 5) is 2.49. The Morgan fingerprint density at radius 1 is 1.00 bits per heavy atom. The lowest BCUT2D eigenvalue weighted by Crippen LogP contribution is -2.38. The van der Waals surface area contributed by atoms with Gasteiger partial charge in [-0.25, -0.2) is 0 Å². The van der Waals surface area contributed by atoms with E-state index < -0.39 is 0 Å². The van der Waals surface area contributed by atoms with Crippen LogP contribution in [0.3, 0.4) is 0 Å². The van der Waals surface area contributed by atoms with Crippen molar-refractivity contribution in [1.82, 2.24) is 0 Å². The van der Waals surface area contributed by atoms with E-state index in [0.717, 1.165) is 6.54 Å². The average Bonchev–Trinajstić information content (AvgIpc) is 2.27. The van der Waals surface area contributed by atoms with E-state index in [1.807, 2.05) is 0 Å². The molecule has 0 radical (unpaired) electrons. The highest BCUT2D eigenvalue weighted by Crippen LogP contribution is 2.17. The topological polar surface area (TPSA) is 3.24 Å². The fraction of sp³-hybridized carbons (Fsp3) is 0.500. The lowest BCUT2D eigenvalue weighted by molar-refractivity contribution is 1.04. The Kier molecular flexibility index (Phi) is 4.58. The highest BCUT2D eigenvalue weighted by molar-refractivity contribution is 6.63. The zero-order valence-electron chi connectivity index (χ0n) is 9.53. The van der Waals surface area contributed by atoms with Crippen molar-refractivity contribution in [1.29, 1.82) is 0 Å². The molecule has 0 atom stereocenters. The molecule has 1 aromatic rings. The first kappa shape index (κ1) is 11.2. The Balaban J connectivity index is 2.81. The smallest absolute Gasteiger partial charge is 0.253 e. The number of para-hydroxylation sites is 1. The van der Waals surface area contributed by atoms with Gasteiger partial charge in [0.15, 0.2) is 0 Å². The summed E-state index contributed by atoms with van der Waals surface area (Å²) in [5, 5.41) is 0. The summed E-state index contributed by atoms with van der Waals surface area (Å²) in [5.41, 5.74) is 1.35. The number of hydrogen-bond acceptors (Lipinski definition) is 1. The lowest BCUT2D eigenvalue weighted by Gasteiger charge is -2.29. The predicted octanol–water partition coefficient (Wildman–Crippen LogP) is 3.54. The monoisotopic (exact) mass is 189 g/mol. The summed E-state index contributed by atoms with van der Waals surface area (Å²) in [6.07, 6.45) is 2.44. The Bertz CT molecular complexity index is 244. The third-order valence-electron chi connectivity index (χ3n) is 2.81. The van der Waals surface area contributed by atoms with Crippen LogP contribution in [0.15, 0.2) is 30.3 Å². The van der Waals surface area contributed by atoms with Gasteiger partial charge in [0, 0.05) is 12.2 Å². The predicted molar refractivity (Wildman–Crippen MR) is 66.2 cm³/mol. The van der Waals surface area contributed by atoms with Crippen molar-refractivity contribution in [2.45, 2.75) is 33.4 Å². The molecule has 0 aliphatic heterocycles. The number of anilines is 1. The summed E-state index contributed by atoms with van der Waals surface area (Å²) in [6.45, 7) is 8.53. The van der Waals surface area contributed by atoms with Crippen LogP contribution in [0.25, 0.3) is 0 Å². The molecule has 1 aromatic carbocycles. The van der Waals surface area contributed by atoms with Gasteiger partial charge in [0.25, 0.3) is 6.85 Å². The fourth-order valence-electron chi connectivity index (χ4n) is 2.00. The van der Waals surface area contributed by atoms with Crippen LogP contribution in [-0.2, 0) is 0 Å². The van der Waals surface area contributed by atoms with Crippen LogP contribution >= 0.6 is 0 Å². The van der Waals surface area contributed by atoms with Gasteiger partial charge in [-0.2, -0.15) is 0 Å². The maximum absolute atomic E-state index is 2.49. The molecule has 0 spiro atoms. The van der Waals surface area contributed by atoms with Gasteiger partial charge in [-0.1, -0.05) is 44.7 Å². The van der Waals surface area contributed by atoms with Gasteiger partial charge in [-0.15, -0.1) is 0 Å². The molecule has 1 nitrogen and oxygen atoms in total. The molecular formula is C12H20BN. The molecule has 0 unspecified atom stereocenters. The minimum atomic E-state index is 0.683. The summed E-state index contributed by atoms with van der Waals surface area (Å²) in [7, 11) is 0. The minimum absolute atomic E-state index is 0.683. The van der Waals surface area contributed by atoms with Crippen molar-refractivity contribution in [2.75, 3.05) is 11.4 Å². The van der Waals surface area contributed by atoms with Crippen molar-refractivity contribution in [3.8, 4) is 0 Å². The maximum Gasteiger partial charge on any atom is 0.253 e. The van der Waals surface area contributed by atoms with E-state index >= 15 is 0 Å². The second-order valence-corrected chi connectivity index (χ2v) is 3.59. The summed E-state index contributed by atoms with van der Waals surface area (Å²) in [5.74, 6) is 0. The molecule has 1 rings (SSSR count). The van der Waals surface area contributed by atoms with E-state index in [2.05, 4.69) is 55.9 Å². The second kappa shape index (κ2) is 5.74. The first-order valence-electron chi connectivity index (χ1n) is 5.65. The van der Waals surface area contributed by atoms with Crippen LogP contribution in [0.1, 0.15) is 20.8 Å². The molecule has 0 heterocycles. The van der Waals surface area contributed by atoms with Crippen LogP contribution in [0.5, 0.6) is 0 Å². The second-order valence-electron chi connectivity index (χ2n) is 3.59. The molecule has 0 aromatic heterocycles. The maximum atomic E-state index is 2.49. The molecule has 2 heteroatoms. The fourth-order valence-corrected chi connectivity index (χ4v) is 2.00. The van der Waals surface area contributed by atoms with E-state index in [9.17, 15) is 0 Å². The van der Waals surface area contributed by atoms with Crippen molar-refractivity contribution in [3.63, 3.8) is 0 Å². The molecule has 0 fully saturated rings. The Morgan fingerprint density at radius 3 is 2.00 bits per heavy atom. The number of rotatable bonds is 5. The quantitative estimate of drug-likeness (QED) is 0.640. The van der Waals surface area contributed by atoms with Crippen LogP contribution in [0.4, 0.5) is 5.69 Å². The van der Waals surface area contributed by atoms with E-state index in [-0.39, 0.29) is 0 Å². The van der Waals surface area contributed by atoms with Crippen molar-refractivity contribution < 1.29 is 0 Å². The molecule has 0 saturated heterocycles. The van der Waals surface area contributed by atoms with Gasteiger partial charge in [0.1, 0.15) is 0 Å². The van der Waals surface area contributed by atoms with Crippen LogP contribution in [-0.4, -0.2) is 13.4 Å². The van der Waals surface area contributed by atoms with Gasteiger partial charge < -0.3 is 4.81 Å². The van der Waals surface area contributed by atoms with Crippen molar-refractivity contribution >= 4 is 12.5 Å².